The van der Waals surface area contributed by atoms with E-state index >= 15 is 0 Å². The van der Waals surface area contributed by atoms with E-state index in [2.05, 4.69) is 9.97 Å². The molecule has 2 aromatic rings. The van der Waals surface area contributed by atoms with Crippen LogP contribution in [0, 0.1) is 19.7 Å². The zero-order valence-electron chi connectivity index (χ0n) is 10.5. The Labute approximate surface area is 106 Å². The first-order chi connectivity index (χ1) is 8.56. The topological polar surface area (TPSA) is 51.8 Å². The highest BCUT2D eigenvalue weighted by Crippen LogP contribution is 2.18. The molecule has 0 bridgehead atoms. The molecule has 1 heterocycles. The molecule has 94 valence electrons. The first-order valence-corrected chi connectivity index (χ1v) is 5.86. The molecule has 1 aromatic carbocycles. The quantitative estimate of drug-likeness (QED) is 0.903. The van der Waals surface area contributed by atoms with E-state index in [1.165, 1.54) is 12.1 Å². The number of nitrogens with zero attached hydrogens (tertiary/aromatic N) is 2. The molecule has 0 saturated carbocycles. The Morgan fingerprint density at radius 3 is 2.78 bits per heavy atom. The Kier molecular flexibility index (Phi) is 3.67. The van der Waals surface area contributed by atoms with Gasteiger partial charge in [0.25, 0.3) is 0 Å². The first-order valence-electron chi connectivity index (χ1n) is 5.86. The normalized spacial score (nSPS) is 12.4. The van der Waals surface area contributed by atoms with Crippen molar-refractivity contribution in [2.45, 2.75) is 26.3 Å². The molecule has 18 heavy (non-hydrogen) atoms. The third-order valence-corrected chi connectivity index (χ3v) is 2.93. The highest BCUT2D eigenvalue weighted by molar-refractivity contribution is 5.28. The average Bonchev–Trinajstić information content (AvgIpc) is 2.34. The number of halogens is 1. The molecule has 0 amide bonds. The van der Waals surface area contributed by atoms with E-state index in [0.717, 1.165) is 16.8 Å². The van der Waals surface area contributed by atoms with Gasteiger partial charge in [0, 0.05) is 6.20 Å². The number of aromatic nitrogens is 2. The van der Waals surface area contributed by atoms with Gasteiger partial charge in [-0.25, -0.2) is 14.4 Å². The van der Waals surface area contributed by atoms with Crippen LogP contribution in [0.2, 0.25) is 0 Å². The van der Waals surface area contributed by atoms with Crippen LogP contribution in [0.4, 0.5) is 4.39 Å². The monoisotopic (exact) mass is 245 g/mol. The minimum absolute atomic E-state index is 0.235. The van der Waals surface area contributed by atoms with E-state index in [9.17, 15) is 4.39 Å². The summed E-state index contributed by atoms with van der Waals surface area (Å²) >= 11 is 0. The molecule has 1 aromatic heterocycles. The smallest absolute Gasteiger partial charge is 0.125 e. The Balaban J connectivity index is 2.21. The van der Waals surface area contributed by atoms with Crippen LogP contribution >= 0.6 is 0 Å². The second-order valence-corrected chi connectivity index (χ2v) is 4.41. The van der Waals surface area contributed by atoms with Gasteiger partial charge in [-0.05, 0) is 49.6 Å². The minimum atomic E-state index is -0.243. The van der Waals surface area contributed by atoms with Gasteiger partial charge in [-0.3, -0.25) is 0 Å². The Morgan fingerprint density at radius 1 is 1.28 bits per heavy atom. The summed E-state index contributed by atoms with van der Waals surface area (Å²) in [5, 5.41) is 0. The van der Waals surface area contributed by atoms with E-state index in [1.807, 2.05) is 13.8 Å². The van der Waals surface area contributed by atoms with Gasteiger partial charge in [0.15, 0.2) is 0 Å². The SMILES string of the molecule is Cc1nccc(C(N)Cc2cc(F)ccc2C)n1. The maximum absolute atomic E-state index is 13.2. The molecule has 0 radical (unpaired) electrons. The van der Waals surface area contributed by atoms with Gasteiger partial charge < -0.3 is 5.73 Å². The molecular weight excluding hydrogens is 229 g/mol. The summed E-state index contributed by atoms with van der Waals surface area (Å²) in [4.78, 5) is 8.33. The zero-order valence-corrected chi connectivity index (χ0v) is 10.5. The van der Waals surface area contributed by atoms with Gasteiger partial charge in [-0.2, -0.15) is 0 Å². The molecule has 0 aliphatic rings. The molecule has 4 heteroatoms. The number of benzene rings is 1. The van der Waals surface area contributed by atoms with Crippen LogP contribution in [0.1, 0.15) is 28.7 Å². The fourth-order valence-corrected chi connectivity index (χ4v) is 1.88. The lowest BCUT2D eigenvalue weighted by Crippen LogP contribution is -2.16. The molecule has 0 aliphatic carbocycles. The molecule has 0 spiro atoms. The molecular formula is C14H16FN3. The highest BCUT2D eigenvalue weighted by Gasteiger charge is 2.11. The van der Waals surface area contributed by atoms with E-state index in [4.69, 9.17) is 5.73 Å². The molecule has 0 saturated heterocycles. The lowest BCUT2D eigenvalue weighted by atomic mass is 9.99. The van der Waals surface area contributed by atoms with Crippen molar-refractivity contribution in [2.75, 3.05) is 0 Å². The summed E-state index contributed by atoms with van der Waals surface area (Å²) in [6, 6.07) is 6.31. The summed E-state index contributed by atoms with van der Waals surface area (Å²) in [6.45, 7) is 3.77. The van der Waals surface area contributed by atoms with Crippen molar-refractivity contribution in [1.29, 1.82) is 0 Å². The zero-order chi connectivity index (χ0) is 13.1. The van der Waals surface area contributed by atoms with Gasteiger partial charge in [-0.15, -0.1) is 0 Å². The minimum Gasteiger partial charge on any atom is -0.322 e. The van der Waals surface area contributed by atoms with Crippen LogP contribution in [-0.2, 0) is 6.42 Å². The third-order valence-electron chi connectivity index (χ3n) is 2.93. The van der Waals surface area contributed by atoms with E-state index in [1.54, 1.807) is 18.3 Å². The fraction of sp³-hybridized carbons (Fsp3) is 0.286. The van der Waals surface area contributed by atoms with Crippen LogP contribution in [0.5, 0.6) is 0 Å². The van der Waals surface area contributed by atoms with Gasteiger partial charge in [0.2, 0.25) is 0 Å². The maximum atomic E-state index is 13.2. The predicted octanol–water partition coefficient (Wildman–Crippen LogP) is 2.48. The van der Waals surface area contributed by atoms with Gasteiger partial charge in [0.1, 0.15) is 11.6 Å². The number of aryl methyl sites for hydroxylation is 2. The van der Waals surface area contributed by atoms with Crippen LogP contribution in [0.25, 0.3) is 0 Å². The molecule has 3 nitrogen and oxygen atoms in total. The van der Waals surface area contributed by atoms with Crippen LogP contribution < -0.4 is 5.73 Å². The Bertz CT molecular complexity index is 554. The second-order valence-electron chi connectivity index (χ2n) is 4.41. The summed E-state index contributed by atoms with van der Waals surface area (Å²) in [5.41, 5.74) is 8.84. The van der Waals surface area contributed by atoms with Gasteiger partial charge in [-0.1, -0.05) is 6.07 Å². The molecule has 0 fully saturated rings. The number of rotatable bonds is 3. The summed E-state index contributed by atoms with van der Waals surface area (Å²) < 4.78 is 13.2. The average molecular weight is 245 g/mol. The fourth-order valence-electron chi connectivity index (χ4n) is 1.88. The van der Waals surface area contributed by atoms with E-state index < -0.39 is 0 Å². The third kappa shape index (κ3) is 2.90. The van der Waals surface area contributed by atoms with Crippen LogP contribution in [0.3, 0.4) is 0 Å². The first kappa shape index (κ1) is 12.6. The molecule has 1 unspecified atom stereocenters. The molecule has 2 N–H and O–H groups in total. The van der Waals surface area contributed by atoms with Crippen molar-refractivity contribution in [2.24, 2.45) is 5.73 Å². The number of hydrogen-bond acceptors (Lipinski definition) is 3. The Morgan fingerprint density at radius 2 is 2.06 bits per heavy atom. The molecule has 1 atom stereocenters. The lowest BCUT2D eigenvalue weighted by molar-refractivity contribution is 0.619. The van der Waals surface area contributed by atoms with E-state index in [0.29, 0.717) is 12.2 Å². The predicted molar refractivity (Wildman–Crippen MR) is 68.5 cm³/mol. The van der Waals surface area contributed by atoms with Crippen molar-refractivity contribution >= 4 is 0 Å². The van der Waals surface area contributed by atoms with Gasteiger partial charge in [0.05, 0.1) is 11.7 Å². The highest BCUT2D eigenvalue weighted by atomic mass is 19.1. The summed E-state index contributed by atoms with van der Waals surface area (Å²) in [6.07, 6.45) is 2.26. The number of nitrogens with two attached hydrogens (primary N) is 1. The van der Waals surface area contributed by atoms with Gasteiger partial charge >= 0.3 is 0 Å². The standard InChI is InChI=1S/C14H16FN3/c1-9-3-4-12(15)7-11(9)8-13(16)14-5-6-17-10(2)18-14/h3-7,13H,8,16H2,1-2H3. The second kappa shape index (κ2) is 5.23. The van der Waals surface area contributed by atoms with Crippen molar-refractivity contribution in [3.05, 3.63) is 58.9 Å². The summed E-state index contributed by atoms with van der Waals surface area (Å²) in [5.74, 6) is 0.459. The van der Waals surface area contributed by atoms with Crippen LogP contribution in [-0.4, -0.2) is 9.97 Å². The maximum Gasteiger partial charge on any atom is 0.125 e. The summed E-state index contributed by atoms with van der Waals surface area (Å²) in [7, 11) is 0. The lowest BCUT2D eigenvalue weighted by Gasteiger charge is -2.13. The van der Waals surface area contributed by atoms with Crippen molar-refractivity contribution in [3.8, 4) is 0 Å². The molecule has 2 rings (SSSR count). The van der Waals surface area contributed by atoms with E-state index in [-0.39, 0.29) is 11.9 Å². The van der Waals surface area contributed by atoms with Crippen LogP contribution in [0.15, 0.2) is 30.5 Å². The van der Waals surface area contributed by atoms with Crippen molar-refractivity contribution < 1.29 is 4.39 Å². The number of hydrogen-bond donors (Lipinski definition) is 1. The Hall–Kier alpha value is -1.81. The molecule has 0 aliphatic heterocycles. The largest absolute Gasteiger partial charge is 0.322 e. The van der Waals surface area contributed by atoms with Crippen molar-refractivity contribution in [3.63, 3.8) is 0 Å². The van der Waals surface area contributed by atoms with Crippen molar-refractivity contribution in [1.82, 2.24) is 9.97 Å².